The number of anilines is 1. The monoisotopic (exact) mass is 484 g/mol. The van der Waals surface area contributed by atoms with Crippen LogP contribution in [0.5, 0.6) is 0 Å². The van der Waals surface area contributed by atoms with Gasteiger partial charge in [0, 0.05) is 40.6 Å². The molecule has 2 N–H and O–H groups in total. The van der Waals surface area contributed by atoms with E-state index in [0.29, 0.717) is 42.4 Å². The van der Waals surface area contributed by atoms with E-state index < -0.39 is 11.7 Å². The van der Waals surface area contributed by atoms with Crippen molar-refractivity contribution in [3.63, 3.8) is 0 Å². The lowest BCUT2D eigenvalue weighted by atomic mass is 10.00. The van der Waals surface area contributed by atoms with Crippen LogP contribution in [-0.4, -0.2) is 40.0 Å². The number of nitrogens with two attached hydrogens (primary N) is 1. The molecule has 182 valence electrons. The van der Waals surface area contributed by atoms with E-state index in [2.05, 4.69) is 9.97 Å². The van der Waals surface area contributed by atoms with Crippen LogP contribution in [0.4, 0.5) is 19.0 Å². The SMILES string of the molecule is C[C@H]1OCc2c1c(N)nc1ccc(C(=O)N(Cc3ccc(C(F)(F)F)cn3)C3[C@H]4COC[C@@H]34)cc21. The number of rotatable bonds is 4. The van der Waals surface area contributed by atoms with Crippen LogP contribution in [0.3, 0.4) is 0 Å². The van der Waals surface area contributed by atoms with E-state index in [1.807, 2.05) is 13.0 Å². The van der Waals surface area contributed by atoms with Crippen molar-refractivity contribution in [1.29, 1.82) is 0 Å². The number of halogens is 3. The second kappa shape index (κ2) is 7.89. The highest BCUT2D eigenvalue weighted by Crippen LogP contribution is 2.49. The normalized spacial score (nSPS) is 24.9. The van der Waals surface area contributed by atoms with E-state index >= 15 is 0 Å². The van der Waals surface area contributed by atoms with Gasteiger partial charge >= 0.3 is 6.18 Å². The van der Waals surface area contributed by atoms with Gasteiger partial charge in [0.15, 0.2) is 0 Å². The zero-order valence-corrected chi connectivity index (χ0v) is 18.9. The maximum Gasteiger partial charge on any atom is 0.417 e. The minimum absolute atomic E-state index is 0.0327. The van der Waals surface area contributed by atoms with E-state index in [-0.39, 0.29) is 36.4 Å². The molecule has 2 fully saturated rings. The first-order valence-electron chi connectivity index (χ1n) is 11.5. The van der Waals surface area contributed by atoms with Crippen molar-refractivity contribution in [2.24, 2.45) is 11.8 Å². The second-order valence-electron chi connectivity index (χ2n) is 9.40. The number of carbonyl (C=O) groups excluding carboxylic acids is 1. The lowest BCUT2D eigenvalue weighted by Gasteiger charge is -2.25. The number of carbonyl (C=O) groups is 1. The van der Waals surface area contributed by atoms with Crippen molar-refractivity contribution in [3.05, 3.63) is 64.5 Å². The zero-order chi connectivity index (χ0) is 24.5. The molecule has 1 saturated heterocycles. The molecular formula is C25H23F3N4O3. The summed E-state index contributed by atoms with van der Waals surface area (Å²) in [6.07, 6.45) is -3.82. The molecule has 7 nitrogen and oxygen atoms in total. The number of hydrogen-bond donors (Lipinski definition) is 1. The van der Waals surface area contributed by atoms with Gasteiger partial charge in [-0.05, 0) is 42.8 Å². The van der Waals surface area contributed by atoms with Crippen molar-refractivity contribution >= 4 is 22.6 Å². The highest BCUT2D eigenvalue weighted by molar-refractivity contribution is 5.99. The molecule has 0 spiro atoms. The summed E-state index contributed by atoms with van der Waals surface area (Å²) in [5.74, 6) is 0.686. The number of amides is 1. The van der Waals surface area contributed by atoms with Crippen LogP contribution in [0.2, 0.25) is 0 Å². The van der Waals surface area contributed by atoms with E-state index in [9.17, 15) is 18.0 Å². The second-order valence-corrected chi connectivity index (χ2v) is 9.40. The molecule has 1 unspecified atom stereocenters. The first-order valence-corrected chi connectivity index (χ1v) is 11.5. The molecule has 35 heavy (non-hydrogen) atoms. The van der Waals surface area contributed by atoms with Gasteiger partial charge in [-0.2, -0.15) is 13.2 Å². The number of pyridine rings is 2. The van der Waals surface area contributed by atoms with Crippen LogP contribution in [0.1, 0.15) is 45.8 Å². The van der Waals surface area contributed by atoms with E-state index in [0.717, 1.165) is 28.8 Å². The highest BCUT2D eigenvalue weighted by Gasteiger charge is 2.58. The average Bonchev–Trinajstić information content (AvgIpc) is 3.12. The topological polar surface area (TPSA) is 90.6 Å². The van der Waals surface area contributed by atoms with Crippen molar-refractivity contribution in [1.82, 2.24) is 14.9 Å². The molecule has 2 aromatic heterocycles. The minimum Gasteiger partial charge on any atom is -0.383 e. The lowest BCUT2D eigenvalue weighted by molar-refractivity contribution is -0.137. The molecule has 1 aliphatic carbocycles. The van der Waals surface area contributed by atoms with Crippen LogP contribution < -0.4 is 5.73 Å². The number of hydrogen-bond acceptors (Lipinski definition) is 6. The van der Waals surface area contributed by atoms with Gasteiger partial charge in [-0.25, -0.2) is 4.98 Å². The molecule has 3 aliphatic rings. The standard InChI is InChI=1S/C25H23F3N4O3/c1-12-21-17(11-35-12)16-6-13(2-5-20(16)31-23(21)29)24(33)32(22-18-9-34-10-19(18)22)8-15-4-3-14(7-30-15)25(26,27)28/h2-7,12,18-19,22H,8-11H2,1H3,(H2,29,31)/t12-,18-,19+,22?/m1/s1. The number of nitrogen functional groups attached to an aromatic ring is 1. The summed E-state index contributed by atoms with van der Waals surface area (Å²) >= 11 is 0. The Morgan fingerprint density at radius 3 is 2.66 bits per heavy atom. The van der Waals surface area contributed by atoms with Crippen molar-refractivity contribution in [2.75, 3.05) is 18.9 Å². The van der Waals surface area contributed by atoms with Crippen LogP contribution in [0.15, 0.2) is 36.5 Å². The van der Waals surface area contributed by atoms with Gasteiger partial charge in [0.05, 0.1) is 49.2 Å². The fourth-order valence-corrected chi connectivity index (χ4v) is 5.41. The third-order valence-corrected chi connectivity index (χ3v) is 7.31. The smallest absolute Gasteiger partial charge is 0.383 e. The highest BCUT2D eigenvalue weighted by atomic mass is 19.4. The molecule has 4 heterocycles. The molecule has 4 atom stereocenters. The largest absolute Gasteiger partial charge is 0.417 e. The average molecular weight is 484 g/mol. The number of benzene rings is 1. The summed E-state index contributed by atoms with van der Waals surface area (Å²) in [5.41, 5.74) is 8.66. The third kappa shape index (κ3) is 3.71. The predicted octanol–water partition coefficient (Wildman–Crippen LogP) is 4.11. The van der Waals surface area contributed by atoms with Gasteiger partial charge < -0.3 is 20.1 Å². The number of ether oxygens (including phenoxy) is 2. The summed E-state index contributed by atoms with van der Waals surface area (Å²) < 4.78 is 50.1. The first kappa shape index (κ1) is 22.2. The van der Waals surface area contributed by atoms with E-state index in [1.165, 1.54) is 6.07 Å². The minimum atomic E-state index is -4.46. The van der Waals surface area contributed by atoms with Gasteiger partial charge in [0.2, 0.25) is 0 Å². The molecule has 1 saturated carbocycles. The Balaban J connectivity index is 1.34. The van der Waals surface area contributed by atoms with Crippen LogP contribution >= 0.6 is 0 Å². The summed E-state index contributed by atoms with van der Waals surface area (Å²) in [7, 11) is 0. The Kier molecular flexibility index (Phi) is 5.01. The van der Waals surface area contributed by atoms with Crippen LogP contribution in [-0.2, 0) is 28.8 Å². The molecule has 10 heteroatoms. The maximum atomic E-state index is 13.8. The third-order valence-electron chi connectivity index (χ3n) is 7.31. The number of nitrogens with zero attached hydrogens (tertiary/aromatic N) is 3. The van der Waals surface area contributed by atoms with Crippen LogP contribution in [0.25, 0.3) is 10.9 Å². The van der Waals surface area contributed by atoms with E-state index in [4.69, 9.17) is 15.2 Å². The van der Waals surface area contributed by atoms with Crippen molar-refractivity contribution in [2.45, 2.75) is 38.4 Å². The van der Waals surface area contributed by atoms with Gasteiger partial charge in [-0.1, -0.05) is 0 Å². The van der Waals surface area contributed by atoms with Crippen molar-refractivity contribution < 1.29 is 27.4 Å². The van der Waals surface area contributed by atoms with Gasteiger partial charge in [0.1, 0.15) is 5.82 Å². The lowest BCUT2D eigenvalue weighted by Crippen LogP contribution is -2.36. The fraction of sp³-hybridized carbons (Fsp3) is 0.400. The Morgan fingerprint density at radius 2 is 1.97 bits per heavy atom. The fourth-order valence-electron chi connectivity index (χ4n) is 5.41. The Bertz CT molecular complexity index is 1320. The summed E-state index contributed by atoms with van der Waals surface area (Å²) in [6.45, 7) is 3.56. The quantitative estimate of drug-likeness (QED) is 0.600. The summed E-state index contributed by atoms with van der Waals surface area (Å²) in [5, 5.41) is 0.816. The molecule has 1 amide bonds. The van der Waals surface area contributed by atoms with Gasteiger partial charge in [-0.3, -0.25) is 9.78 Å². The van der Waals surface area contributed by atoms with Crippen molar-refractivity contribution in [3.8, 4) is 0 Å². The number of alkyl halides is 3. The summed E-state index contributed by atoms with van der Waals surface area (Å²) in [6, 6.07) is 7.59. The Hall–Kier alpha value is -3.24. The number of fused-ring (bicyclic) bond motifs is 4. The maximum absolute atomic E-state index is 13.8. The molecule has 0 radical (unpaired) electrons. The summed E-state index contributed by atoms with van der Waals surface area (Å²) in [4.78, 5) is 24.0. The Labute approximate surface area is 199 Å². The van der Waals surface area contributed by atoms with Gasteiger partial charge in [-0.15, -0.1) is 0 Å². The Morgan fingerprint density at radius 1 is 1.20 bits per heavy atom. The molecule has 6 rings (SSSR count). The molecular weight excluding hydrogens is 461 g/mol. The first-order chi connectivity index (χ1) is 16.7. The number of aromatic nitrogens is 2. The predicted molar refractivity (Wildman–Crippen MR) is 120 cm³/mol. The van der Waals surface area contributed by atoms with E-state index in [1.54, 1.807) is 17.0 Å². The zero-order valence-electron chi connectivity index (χ0n) is 18.9. The molecule has 0 bridgehead atoms. The van der Waals surface area contributed by atoms with Crippen LogP contribution in [0, 0.1) is 11.8 Å². The molecule has 2 aliphatic heterocycles. The van der Waals surface area contributed by atoms with Gasteiger partial charge in [0.25, 0.3) is 5.91 Å². The molecule has 1 aromatic carbocycles. The molecule has 3 aromatic rings.